The van der Waals surface area contributed by atoms with E-state index in [1.165, 1.54) is 33.0 Å². The fourth-order valence-corrected chi connectivity index (χ4v) is 4.87. The number of aryl methyl sites for hydroxylation is 1. The van der Waals surface area contributed by atoms with Gasteiger partial charge in [-0.3, -0.25) is 4.98 Å². The molecule has 0 bridgehead atoms. The maximum absolute atomic E-state index is 9.79. The van der Waals surface area contributed by atoms with Crippen molar-refractivity contribution in [3.8, 4) is 34.0 Å². The Hall–Kier alpha value is -4.68. The molecule has 0 saturated carbocycles. The molecular weight excluding hydrogens is 414 g/mol. The summed E-state index contributed by atoms with van der Waals surface area (Å²) in [6.45, 7) is 2.13. The number of nitriles is 1. The Kier molecular flexibility index (Phi) is 4.71. The van der Waals surface area contributed by atoms with E-state index in [1.54, 1.807) is 12.4 Å². The highest BCUT2D eigenvalue weighted by molar-refractivity contribution is 6.13. The number of aromatic nitrogens is 2. The van der Waals surface area contributed by atoms with Gasteiger partial charge in [-0.25, -0.2) is 0 Å². The van der Waals surface area contributed by atoms with E-state index in [0.29, 0.717) is 5.56 Å². The SMILES string of the molecule is Cc1cccc(-c2cccc3c4ccccc4n(-c4ccc(C#N)c(-c5ccncc5)c4)c23)c1. The summed E-state index contributed by atoms with van der Waals surface area (Å²) in [7, 11) is 0. The summed E-state index contributed by atoms with van der Waals surface area (Å²) >= 11 is 0. The van der Waals surface area contributed by atoms with Crippen LogP contribution in [0.4, 0.5) is 0 Å². The smallest absolute Gasteiger partial charge is 0.0998 e. The average molecular weight is 436 g/mol. The lowest BCUT2D eigenvalue weighted by Crippen LogP contribution is -1.97. The first-order valence-corrected chi connectivity index (χ1v) is 11.3. The van der Waals surface area contributed by atoms with Crippen LogP contribution < -0.4 is 0 Å². The Morgan fingerprint density at radius 2 is 1.50 bits per heavy atom. The second kappa shape index (κ2) is 8.03. The summed E-state index contributed by atoms with van der Waals surface area (Å²) < 4.78 is 2.33. The molecule has 3 nitrogen and oxygen atoms in total. The number of para-hydroxylation sites is 2. The molecule has 0 radical (unpaired) electrons. The van der Waals surface area contributed by atoms with Crippen LogP contribution in [0, 0.1) is 18.3 Å². The van der Waals surface area contributed by atoms with Crippen molar-refractivity contribution in [3.63, 3.8) is 0 Å². The first kappa shape index (κ1) is 20.0. The Morgan fingerprint density at radius 3 is 2.32 bits per heavy atom. The molecular formula is C31H21N3. The predicted octanol–water partition coefficient (Wildman–Crippen LogP) is 7.69. The van der Waals surface area contributed by atoms with Crippen LogP contribution in [0.5, 0.6) is 0 Å². The molecule has 0 unspecified atom stereocenters. The van der Waals surface area contributed by atoms with Crippen molar-refractivity contribution in [1.82, 2.24) is 9.55 Å². The summed E-state index contributed by atoms with van der Waals surface area (Å²) in [4.78, 5) is 4.14. The van der Waals surface area contributed by atoms with Gasteiger partial charge in [-0.05, 0) is 54.4 Å². The third-order valence-corrected chi connectivity index (χ3v) is 6.40. The maximum atomic E-state index is 9.79. The van der Waals surface area contributed by atoms with Gasteiger partial charge in [0.1, 0.15) is 0 Å². The molecule has 0 aliphatic carbocycles. The lowest BCUT2D eigenvalue weighted by molar-refractivity contribution is 1.18. The first-order chi connectivity index (χ1) is 16.7. The van der Waals surface area contributed by atoms with Crippen LogP contribution in [0.2, 0.25) is 0 Å². The summed E-state index contributed by atoms with van der Waals surface area (Å²) in [5, 5.41) is 12.2. The van der Waals surface area contributed by atoms with Gasteiger partial charge in [-0.15, -0.1) is 0 Å². The van der Waals surface area contributed by atoms with E-state index in [-0.39, 0.29) is 0 Å². The molecule has 0 spiro atoms. The molecule has 6 aromatic rings. The summed E-state index contributed by atoms with van der Waals surface area (Å²) in [5.74, 6) is 0. The van der Waals surface area contributed by atoms with Gasteiger partial charge >= 0.3 is 0 Å². The third kappa shape index (κ3) is 3.17. The van der Waals surface area contributed by atoms with E-state index in [2.05, 4.69) is 95.3 Å². The molecule has 0 aliphatic rings. The van der Waals surface area contributed by atoms with Gasteiger partial charge in [0.15, 0.2) is 0 Å². The largest absolute Gasteiger partial charge is 0.309 e. The zero-order valence-corrected chi connectivity index (χ0v) is 18.7. The molecule has 4 aromatic carbocycles. The Labute approximate surface area is 198 Å². The van der Waals surface area contributed by atoms with Crippen molar-refractivity contribution in [3.05, 3.63) is 121 Å². The molecule has 0 fully saturated rings. The fourth-order valence-electron chi connectivity index (χ4n) is 4.87. The molecule has 34 heavy (non-hydrogen) atoms. The van der Waals surface area contributed by atoms with Crippen molar-refractivity contribution in [1.29, 1.82) is 5.26 Å². The normalized spacial score (nSPS) is 11.1. The molecule has 0 atom stereocenters. The Balaban J connectivity index is 1.72. The van der Waals surface area contributed by atoms with Crippen LogP contribution in [0.1, 0.15) is 11.1 Å². The Bertz CT molecular complexity index is 1720. The van der Waals surface area contributed by atoms with Crippen molar-refractivity contribution >= 4 is 21.8 Å². The monoisotopic (exact) mass is 435 g/mol. The molecule has 0 N–H and O–H groups in total. The van der Waals surface area contributed by atoms with Gasteiger partial charge in [0.05, 0.1) is 22.7 Å². The molecule has 0 saturated heterocycles. The van der Waals surface area contributed by atoms with Crippen LogP contribution in [-0.4, -0.2) is 9.55 Å². The number of benzene rings is 4. The molecule has 2 heterocycles. The number of hydrogen-bond acceptors (Lipinski definition) is 2. The van der Waals surface area contributed by atoms with E-state index < -0.39 is 0 Å². The summed E-state index contributed by atoms with van der Waals surface area (Å²) in [5.41, 5.74) is 9.48. The quantitative estimate of drug-likeness (QED) is 0.286. The minimum Gasteiger partial charge on any atom is -0.309 e. The molecule has 2 aromatic heterocycles. The van der Waals surface area contributed by atoms with Gasteiger partial charge < -0.3 is 4.57 Å². The minimum absolute atomic E-state index is 0.648. The molecule has 0 amide bonds. The van der Waals surface area contributed by atoms with Gasteiger partial charge in [-0.2, -0.15) is 5.26 Å². The second-order valence-corrected chi connectivity index (χ2v) is 8.50. The van der Waals surface area contributed by atoms with Gasteiger partial charge in [0.2, 0.25) is 0 Å². The van der Waals surface area contributed by atoms with E-state index in [4.69, 9.17) is 0 Å². The van der Waals surface area contributed by atoms with Gasteiger partial charge in [0, 0.05) is 40.0 Å². The van der Waals surface area contributed by atoms with Gasteiger partial charge in [0.25, 0.3) is 0 Å². The van der Waals surface area contributed by atoms with Crippen molar-refractivity contribution in [2.75, 3.05) is 0 Å². The van der Waals surface area contributed by atoms with E-state index >= 15 is 0 Å². The van der Waals surface area contributed by atoms with Gasteiger partial charge in [-0.1, -0.05) is 66.2 Å². The highest BCUT2D eigenvalue weighted by Crippen LogP contribution is 2.39. The van der Waals surface area contributed by atoms with Crippen LogP contribution in [0.15, 0.2) is 109 Å². The van der Waals surface area contributed by atoms with Crippen molar-refractivity contribution in [2.24, 2.45) is 0 Å². The number of rotatable bonds is 3. The van der Waals surface area contributed by atoms with Crippen LogP contribution >= 0.6 is 0 Å². The number of fused-ring (bicyclic) bond motifs is 3. The molecule has 6 rings (SSSR count). The number of hydrogen-bond donors (Lipinski definition) is 0. The highest BCUT2D eigenvalue weighted by Gasteiger charge is 2.17. The lowest BCUT2D eigenvalue weighted by atomic mass is 9.99. The fraction of sp³-hybridized carbons (Fsp3) is 0.0323. The molecule has 3 heteroatoms. The lowest BCUT2D eigenvalue weighted by Gasteiger charge is -2.14. The predicted molar refractivity (Wildman–Crippen MR) is 139 cm³/mol. The maximum Gasteiger partial charge on any atom is 0.0998 e. The molecule has 0 aliphatic heterocycles. The molecule has 160 valence electrons. The zero-order chi connectivity index (χ0) is 23.1. The van der Waals surface area contributed by atoms with Crippen LogP contribution in [0.3, 0.4) is 0 Å². The van der Waals surface area contributed by atoms with Crippen molar-refractivity contribution < 1.29 is 0 Å². The average Bonchev–Trinajstić information content (AvgIpc) is 3.23. The third-order valence-electron chi connectivity index (χ3n) is 6.40. The van der Waals surface area contributed by atoms with Crippen molar-refractivity contribution in [2.45, 2.75) is 6.92 Å². The van der Waals surface area contributed by atoms with Crippen LogP contribution in [0.25, 0.3) is 49.7 Å². The standard InChI is InChI=1S/C31H21N3/c1-21-6-4-7-23(18-21)26-9-5-10-28-27-8-2-3-11-30(27)34(31(26)28)25-13-12-24(20-32)29(19-25)22-14-16-33-17-15-22/h2-19H,1H3. The second-order valence-electron chi connectivity index (χ2n) is 8.50. The number of nitrogens with zero attached hydrogens (tertiary/aromatic N) is 3. The van der Waals surface area contributed by atoms with E-state index in [1.807, 2.05) is 24.3 Å². The van der Waals surface area contributed by atoms with Crippen LogP contribution in [-0.2, 0) is 0 Å². The summed E-state index contributed by atoms with van der Waals surface area (Å²) in [6, 6.07) is 36.0. The number of pyridine rings is 1. The zero-order valence-electron chi connectivity index (χ0n) is 18.7. The summed E-state index contributed by atoms with van der Waals surface area (Å²) in [6.07, 6.45) is 3.53. The minimum atomic E-state index is 0.648. The first-order valence-electron chi connectivity index (χ1n) is 11.3. The van der Waals surface area contributed by atoms with E-state index in [9.17, 15) is 5.26 Å². The topological polar surface area (TPSA) is 41.6 Å². The van der Waals surface area contributed by atoms with E-state index in [0.717, 1.165) is 22.3 Å². The Morgan fingerprint density at radius 1 is 0.706 bits per heavy atom. The highest BCUT2D eigenvalue weighted by atomic mass is 15.0.